The predicted octanol–water partition coefficient (Wildman–Crippen LogP) is 5.70. The van der Waals surface area contributed by atoms with Crippen LogP contribution in [0.15, 0.2) is 66.7 Å². The molecule has 2 amide bonds. The van der Waals surface area contributed by atoms with Gasteiger partial charge < -0.3 is 19.9 Å². The van der Waals surface area contributed by atoms with Gasteiger partial charge in [-0.2, -0.15) is 13.2 Å². The Hall–Kier alpha value is -3.89. The molecule has 2 heterocycles. The molecule has 3 aromatic rings. The van der Waals surface area contributed by atoms with E-state index in [0.717, 1.165) is 24.7 Å². The van der Waals surface area contributed by atoms with Crippen LogP contribution in [-0.4, -0.2) is 78.9 Å². The van der Waals surface area contributed by atoms with Crippen LogP contribution in [0.1, 0.15) is 50.2 Å². The van der Waals surface area contributed by atoms with Crippen LogP contribution in [0.3, 0.4) is 0 Å². The van der Waals surface area contributed by atoms with Crippen molar-refractivity contribution in [2.24, 2.45) is 0 Å². The molecule has 2 saturated heterocycles. The fourth-order valence-corrected chi connectivity index (χ4v) is 5.49. The standard InChI is InChI=1S/C33H37F3N4O3/c1-23-8-11-27(21-30(23)43-28-12-14-40(15-13-28)32(42)24-6-4-3-5-7-24)37-31(41)25-9-10-26(29(20-25)33(34,35)36)22-39-18-16-38(2)17-19-39/h3-11,20-21,28H,12-19,22H2,1-2H3,(H,37,41). The number of piperazine rings is 1. The summed E-state index contributed by atoms with van der Waals surface area (Å²) < 4.78 is 48.3. The van der Waals surface area contributed by atoms with Gasteiger partial charge in [0, 0.05) is 81.5 Å². The Morgan fingerprint density at radius 1 is 0.884 bits per heavy atom. The van der Waals surface area contributed by atoms with Crippen LogP contribution in [0.25, 0.3) is 0 Å². The first-order valence-electron chi connectivity index (χ1n) is 14.6. The molecule has 2 fully saturated rings. The van der Waals surface area contributed by atoms with Crippen LogP contribution in [0.5, 0.6) is 5.75 Å². The highest BCUT2D eigenvalue weighted by atomic mass is 19.4. The molecule has 0 saturated carbocycles. The molecule has 5 rings (SSSR count). The number of rotatable bonds is 7. The van der Waals surface area contributed by atoms with E-state index in [1.54, 1.807) is 30.3 Å². The number of alkyl halides is 3. The smallest absolute Gasteiger partial charge is 0.416 e. The Kier molecular flexibility index (Phi) is 9.37. The van der Waals surface area contributed by atoms with E-state index in [9.17, 15) is 22.8 Å². The zero-order chi connectivity index (χ0) is 30.6. The SMILES string of the molecule is Cc1ccc(NC(=O)c2ccc(CN3CCN(C)CC3)c(C(F)(F)F)c2)cc1OC1CCN(C(=O)c2ccccc2)CC1. The molecule has 0 atom stereocenters. The number of anilines is 1. The Labute approximate surface area is 250 Å². The molecule has 43 heavy (non-hydrogen) atoms. The number of benzene rings is 3. The van der Waals surface area contributed by atoms with E-state index in [1.165, 1.54) is 12.1 Å². The molecule has 2 aliphatic heterocycles. The molecule has 0 radical (unpaired) electrons. The van der Waals surface area contributed by atoms with E-state index in [2.05, 4.69) is 10.2 Å². The molecule has 0 aromatic heterocycles. The number of halogens is 3. The molecule has 0 unspecified atom stereocenters. The lowest BCUT2D eigenvalue weighted by Crippen LogP contribution is -2.44. The summed E-state index contributed by atoms with van der Waals surface area (Å²) in [5, 5.41) is 2.73. The quantitative estimate of drug-likeness (QED) is 0.381. The summed E-state index contributed by atoms with van der Waals surface area (Å²) in [6.07, 6.45) is -3.36. The first-order chi connectivity index (χ1) is 20.6. The summed E-state index contributed by atoms with van der Waals surface area (Å²) in [5.74, 6) is -0.0377. The maximum Gasteiger partial charge on any atom is 0.416 e. The van der Waals surface area contributed by atoms with Gasteiger partial charge in [0.25, 0.3) is 11.8 Å². The van der Waals surface area contributed by atoms with Crippen LogP contribution in [-0.2, 0) is 12.7 Å². The summed E-state index contributed by atoms with van der Waals surface area (Å²) in [7, 11) is 1.99. The van der Waals surface area contributed by atoms with Gasteiger partial charge in [0.2, 0.25) is 0 Å². The van der Waals surface area contributed by atoms with E-state index in [4.69, 9.17) is 4.74 Å². The lowest BCUT2D eigenvalue weighted by Gasteiger charge is -2.33. The number of likely N-dealkylation sites (tertiary alicyclic amines) is 1. The van der Waals surface area contributed by atoms with Crippen molar-refractivity contribution in [2.45, 2.75) is 38.6 Å². The number of likely N-dealkylation sites (N-methyl/N-ethyl adjacent to an activating group) is 1. The fraction of sp³-hybridized carbons (Fsp3) is 0.394. The predicted molar refractivity (Wildman–Crippen MR) is 159 cm³/mol. The number of hydrogen-bond acceptors (Lipinski definition) is 5. The maximum absolute atomic E-state index is 14.0. The van der Waals surface area contributed by atoms with Crippen LogP contribution in [0.2, 0.25) is 0 Å². The van der Waals surface area contributed by atoms with Gasteiger partial charge in [0.15, 0.2) is 0 Å². The van der Waals surface area contributed by atoms with E-state index in [0.29, 0.717) is 56.0 Å². The third-order valence-electron chi connectivity index (χ3n) is 8.16. The monoisotopic (exact) mass is 594 g/mol. The number of piperidine rings is 1. The lowest BCUT2D eigenvalue weighted by atomic mass is 10.0. The van der Waals surface area contributed by atoms with E-state index in [-0.39, 0.29) is 29.7 Å². The second-order valence-electron chi connectivity index (χ2n) is 11.4. The summed E-state index contributed by atoms with van der Waals surface area (Å²) >= 11 is 0. The van der Waals surface area contributed by atoms with Crippen LogP contribution in [0, 0.1) is 6.92 Å². The molecule has 0 spiro atoms. The summed E-state index contributed by atoms with van der Waals surface area (Å²) in [6.45, 7) is 6.21. The molecule has 10 heteroatoms. The summed E-state index contributed by atoms with van der Waals surface area (Å²) in [4.78, 5) is 31.8. The highest BCUT2D eigenvalue weighted by Gasteiger charge is 2.35. The van der Waals surface area contributed by atoms with Crippen molar-refractivity contribution in [1.82, 2.24) is 14.7 Å². The molecular formula is C33H37F3N4O3. The molecule has 3 aromatic carbocycles. The van der Waals surface area contributed by atoms with Crippen molar-refractivity contribution in [2.75, 3.05) is 51.6 Å². The zero-order valence-electron chi connectivity index (χ0n) is 24.5. The average molecular weight is 595 g/mol. The first-order valence-corrected chi connectivity index (χ1v) is 14.6. The largest absolute Gasteiger partial charge is 0.490 e. The Morgan fingerprint density at radius 2 is 1.58 bits per heavy atom. The third kappa shape index (κ3) is 7.74. The highest BCUT2D eigenvalue weighted by Crippen LogP contribution is 2.34. The van der Waals surface area contributed by atoms with Gasteiger partial charge in [-0.1, -0.05) is 30.3 Å². The van der Waals surface area contributed by atoms with Gasteiger partial charge in [-0.15, -0.1) is 0 Å². The number of amides is 2. The Balaban J connectivity index is 1.22. The molecule has 1 N–H and O–H groups in total. The second-order valence-corrected chi connectivity index (χ2v) is 11.4. The van der Waals surface area contributed by atoms with Crippen molar-refractivity contribution < 1.29 is 27.5 Å². The van der Waals surface area contributed by atoms with E-state index in [1.807, 2.05) is 42.0 Å². The van der Waals surface area contributed by atoms with Crippen LogP contribution in [0.4, 0.5) is 18.9 Å². The van der Waals surface area contributed by atoms with Gasteiger partial charge >= 0.3 is 6.18 Å². The van der Waals surface area contributed by atoms with E-state index >= 15 is 0 Å². The van der Waals surface area contributed by atoms with Crippen molar-refractivity contribution in [1.29, 1.82) is 0 Å². The molecular weight excluding hydrogens is 557 g/mol. The normalized spacial score (nSPS) is 17.1. The minimum Gasteiger partial charge on any atom is -0.490 e. The van der Waals surface area contributed by atoms with E-state index < -0.39 is 17.6 Å². The van der Waals surface area contributed by atoms with Crippen LogP contribution >= 0.6 is 0 Å². The number of ether oxygens (including phenoxy) is 1. The Bertz CT molecular complexity index is 1430. The third-order valence-corrected chi connectivity index (χ3v) is 8.16. The zero-order valence-corrected chi connectivity index (χ0v) is 24.5. The maximum atomic E-state index is 14.0. The number of nitrogens with zero attached hydrogens (tertiary/aromatic N) is 3. The molecule has 2 aliphatic rings. The molecule has 7 nitrogen and oxygen atoms in total. The molecule has 228 valence electrons. The first kappa shape index (κ1) is 30.6. The number of nitrogens with one attached hydrogen (secondary N) is 1. The summed E-state index contributed by atoms with van der Waals surface area (Å²) in [6, 6.07) is 18.2. The van der Waals surface area contributed by atoms with Gasteiger partial charge in [-0.05, 0) is 55.4 Å². The topological polar surface area (TPSA) is 65.1 Å². The van der Waals surface area contributed by atoms with Gasteiger partial charge in [-0.25, -0.2) is 0 Å². The number of aryl methyl sites for hydroxylation is 1. The van der Waals surface area contributed by atoms with Crippen molar-refractivity contribution in [3.63, 3.8) is 0 Å². The lowest BCUT2D eigenvalue weighted by molar-refractivity contribution is -0.138. The van der Waals surface area contributed by atoms with Crippen molar-refractivity contribution in [3.05, 3.63) is 94.5 Å². The van der Waals surface area contributed by atoms with Crippen molar-refractivity contribution >= 4 is 17.5 Å². The Morgan fingerprint density at radius 3 is 2.26 bits per heavy atom. The minimum absolute atomic E-state index is 0.000909. The number of hydrogen-bond donors (Lipinski definition) is 1. The summed E-state index contributed by atoms with van der Waals surface area (Å²) in [5.41, 5.74) is 1.27. The number of carbonyl (C=O) groups is 2. The fourth-order valence-electron chi connectivity index (χ4n) is 5.49. The van der Waals surface area contributed by atoms with Gasteiger partial charge in [0.05, 0.1) is 5.56 Å². The van der Waals surface area contributed by atoms with Gasteiger partial charge in [0.1, 0.15) is 11.9 Å². The second kappa shape index (κ2) is 13.2. The molecule has 0 bridgehead atoms. The average Bonchev–Trinajstić information content (AvgIpc) is 3.00. The minimum atomic E-state index is -4.58. The highest BCUT2D eigenvalue weighted by molar-refractivity contribution is 6.04. The van der Waals surface area contributed by atoms with Crippen LogP contribution < -0.4 is 10.1 Å². The molecule has 0 aliphatic carbocycles. The van der Waals surface area contributed by atoms with Crippen molar-refractivity contribution in [3.8, 4) is 5.75 Å². The number of carbonyl (C=O) groups excluding carboxylic acids is 2. The van der Waals surface area contributed by atoms with Gasteiger partial charge in [-0.3, -0.25) is 14.5 Å².